The lowest BCUT2D eigenvalue weighted by molar-refractivity contribution is 0.460. The molecule has 154 valence electrons. The van der Waals surface area contributed by atoms with Crippen LogP contribution in [-0.4, -0.2) is 25.8 Å². The second-order valence-corrected chi connectivity index (χ2v) is 10.3. The molecule has 0 spiro atoms. The second-order valence-electron chi connectivity index (χ2n) is 8.41. The SMILES string of the molecule is C=CC1=C(/C=C/CC(C)CCCC(C)C)CN(S(=O)(=O)c2ccc(C)cc2)C1. The highest BCUT2D eigenvalue weighted by Gasteiger charge is 2.30. The van der Waals surface area contributed by atoms with Gasteiger partial charge in [0.2, 0.25) is 10.0 Å². The number of hydrogen-bond acceptors (Lipinski definition) is 2. The summed E-state index contributed by atoms with van der Waals surface area (Å²) in [7, 11) is -3.48. The van der Waals surface area contributed by atoms with Crippen LogP contribution in [0.1, 0.15) is 52.0 Å². The van der Waals surface area contributed by atoms with Crippen LogP contribution in [0.25, 0.3) is 0 Å². The van der Waals surface area contributed by atoms with Crippen LogP contribution < -0.4 is 0 Å². The van der Waals surface area contributed by atoms with Crippen molar-refractivity contribution in [3.05, 3.63) is 65.8 Å². The van der Waals surface area contributed by atoms with Crippen LogP contribution in [-0.2, 0) is 10.0 Å². The van der Waals surface area contributed by atoms with Crippen molar-refractivity contribution >= 4 is 10.0 Å². The van der Waals surface area contributed by atoms with Crippen LogP contribution in [0.2, 0.25) is 0 Å². The fraction of sp³-hybridized carbons (Fsp3) is 0.500. The molecule has 28 heavy (non-hydrogen) atoms. The minimum absolute atomic E-state index is 0.352. The zero-order chi connectivity index (χ0) is 20.7. The maximum absolute atomic E-state index is 12.9. The summed E-state index contributed by atoms with van der Waals surface area (Å²) in [5.74, 6) is 1.42. The van der Waals surface area contributed by atoms with Gasteiger partial charge in [-0.05, 0) is 48.5 Å². The number of aryl methyl sites for hydroxylation is 1. The number of hydrogen-bond donors (Lipinski definition) is 0. The van der Waals surface area contributed by atoms with Crippen molar-refractivity contribution in [2.75, 3.05) is 13.1 Å². The van der Waals surface area contributed by atoms with Gasteiger partial charge in [0.15, 0.2) is 0 Å². The molecule has 1 aromatic carbocycles. The molecule has 0 bridgehead atoms. The molecular formula is C24H35NO2S. The van der Waals surface area contributed by atoms with E-state index < -0.39 is 10.0 Å². The highest BCUT2D eigenvalue weighted by molar-refractivity contribution is 7.89. The van der Waals surface area contributed by atoms with E-state index >= 15 is 0 Å². The van der Waals surface area contributed by atoms with Gasteiger partial charge in [-0.2, -0.15) is 4.31 Å². The third kappa shape index (κ3) is 6.18. The van der Waals surface area contributed by atoms with E-state index in [4.69, 9.17) is 0 Å². The van der Waals surface area contributed by atoms with E-state index in [0.717, 1.165) is 29.0 Å². The lowest BCUT2D eigenvalue weighted by Crippen LogP contribution is -2.29. The van der Waals surface area contributed by atoms with Crippen LogP contribution in [0.5, 0.6) is 0 Å². The van der Waals surface area contributed by atoms with Gasteiger partial charge in [0.25, 0.3) is 0 Å². The van der Waals surface area contributed by atoms with Crippen LogP contribution in [0.4, 0.5) is 0 Å². The number of sulfonamides is 1. The predicted octanol–water partition coefficient (Wildman–Crippen LogP) is 5.89. The number of allylic oxidation sites excluding steroid dienone is 1. The molecule has 0 aliphatic carbocycles. The third-order valence-electron chi connectivity index (χ3n) is 5.35. The highest BCUT2D eigenvalue weighted by Crippen LogP contribution is 2.27. The van der Waals surface area contributed by atoms with Gasteiger partial charge in [-0.3, -0.25) is 0 Å². The standard InChI is InChI=1S/C24H35NO2S/c1-6-22-17-25(28(26,27)24-15-13-21(5)14-16-24)18-23(22)12-8-11-20(4)10-7-9-19(2)3/h6,8,12-16,19-20H,1,7,9-11,17-18H2,2-5H3/b12-8+. The normalized spacial score (nSPS) is 17.0. The summed E-state index contributed by atoms with van der Waals surface area (Å²) in [5, 5.41) is 0. The van der Waals surface area contributed by atoms with Gasteiger partial charge in [-0.25, -0.2) is 8.42 Å². The Kier molecular flexibility index (Phi) is 8.26. The molecule has 3 nitrogen and oxygen atoms in total. The predicted molar refractivity (Wildman–Crippen MR) is 119 cm³/mol. The molecule has 0 amide bonds. The maximum Gasteiger partial charge on any atom is 0.243 e. The average molecular weight is 402 g/mol. The summed E-state index contributed by atoms with van der Waals surface area (Å²) in [6.45, 7) is 13.5. The Morgan fingerprint density at radius 1 is 1.07 bits per heavy atom. The highest BCUT2D eigenvalue weighted by atomic mass is 32.2. The first kappa shape index (κ1) is 22.6. The third-order valence-corrected chi connectivity index (χ3v) is 7.15. The maximum atomic E-state index is 12.9. The molecule has 4 heteroatoms. The Labute approximate surface area is 171 Å². The number of rotatable bonds is 10. The quantitative estimate of drug-likeness (QED) is 0.490. The molecule has 0 saturated carbocycles. The zero-order valence-electron chi connectivity index (χ0n) is 17.8. The van der Waals surface area contributed by atoms with E-state index in [1.54, 1.807) is 22.5 Å². The fourth-order valence-corrected chi connectivity index (χ4v) is 4.85. The van der Waals surface area contributed by atoms with Crippen molar-refractivity contribution in [3.63, 3.8) is 0 Å². The zero-order valence-corrected chi connectivity index (χ0v) is 18.6. The van der Waals surface area contributed by atoms with Crippen molar-refractivity contribution < 1.29 is 8.42 Å². The number of benzene rings is 1. The molecule has 1 atom stereocenters. The Morgan fingerprint density at radius 2 is 1.71 bits per heavy atom. The van der Waals surface area contributed by atoms with E-state index in [-0.39, 0.29) is 0 Å². The smallest absolute Gasteiger partial charge is 0.207 e. The van der Waals surface area contributed by atoms with E-state index in [1.807, 2.05) is 19.1 Å². The van der Waals surface area contributed by atoms with Crippen LogP contribution in [0.15, 0.2) is 65.1 Å². The molecule has 0 N–H and O–H groups in total. The van der Waals surface area contributed by atoms with E-state index in [9.17, 15) is 8.42 Å². The first-order valence-electron chi connectivity index (χ1n) is 10.3. The largest absolute Gasteiger partial charge is 0.243 e. The van der Waals surface area contributed by atoms with Gasteiger partial charge in [-0.1, -0.05) is 82.5 Å². The first-order chi connectivity index (χ1) is 13.2. The van der Waals surface area contributed by atoms with Crippen LogP contribution in [0, 0.1) is 18.8 Å². The Bertz CT molecular complexity index is 817. The van der Waals surface area contributed by atoms with Crippen molar-refractivity contribution in [1.29, 1.82) is 0 Å². The Balaban J connectivity index is 1.98. The molecule has 0 saturated heterocycles. The molecular weight excluding hydrogens is 366 g/mol. The van der Waals surface area contributed by atoms with Gasteiger partial charge in [0.05, 0.1) is 4.90 Å². The summed E-state index contributed by atoms with van der Waals surface area (Å²) in [5.41, 5.74) is 3.11. The molecule has 0 fully saturated rings. The van der Waals surface area contributed by atoms with E-state index in [0.29, 0.717) is 23.9 Å². The summed E-state index contributed by atoms with van der Waals surface area (Å²) in [6, 6.07) is 7.05. The van der Waals surface area contributed by atoms with Crippen molar-refractivity contribution in [3.8, 4) is 0 Å². The minimum Gasteiger partial charge on any atom is -0.207 e. The van der Waals surface area contributed by atoms with Crippen molar-refractivity contribution in [1.82, 2.24) is 4.31 Å². The first-order valence-corrected chi connectivity index (χ1v) is 11.8. The second kappa shape index (κ2) is 10.2. The van der Waals surface area contributed by atoms with Crippen molar-refractivity contribution in [2.45, 2.75) is 58.3 Å². The monoisotopic (exact) mass is 401 g/mol. The van der Waals surface area contributed by atoms with Gasteiger partial charge in [0.1, 0.15) is 0 Å². The Hall–Kier alpha value is -1.65. The number of nitrogens with zero attached hydrogens (tertiary/aromatic N) is 1. The fourth-order valence-electron chi connectivity index (χ4n) is 3.46. The summed E-state index contributed by atoms with van der Waals surface area (Å²) in [6.07, 6.45) is 10.9. The topological polar surface area (TPSA) is 37.4 Å². The van der Waals surface area contributed by atoms with Gasteiger partial charge in [-0.15, -0.1) is 0 Å². The lowest BCUT2D eigenvalue weighted by atomic mass is 9.97. The molecule has 2 rings (SSSR count). The molecule has 0 radical (unpaired) electrons. The summed E-state index contributed by atoms with van der Waals surface area (Å²) < 4.78 is 27.4. The van der Waals surface area contributed by atoms with Crippen molar-refractivity contribution in [2.24, 2.45) is 11.8 Å². The molecule has 0 aromatic heterocycles. The molecule has 1 heterocycles. The van der Waals surface area contributed by atoms with Gasteiger partial charge >= 0.3 is 0 Å². The van der Waals surface area contributed by atoms with Gasteiger partial charge < -0.3 is 0 Å². The van der Waals surface area contributed by atoms with E-state index in [2.05, 4.69) is 39.5 Å². The Morgan fingerprint density at radius 3 is 2.32 bits per heavy atom. The van der Waals surface area contributed by atoms with Crippen LogP contribution in [0.3, 0.4) is 0 Å². The molecule has 1 aliphatic rings. The summed E-state index contributed by atoms with van der Waals surface area (Å²) in [4.78, 5) is 0.352. The van der Waals surface area contributed by atoms with E-state index in [1.165, 1.54) is 19.3 Å². The minimum atomic E-state index is -3.48. The molecule has 1 aliphatic heterocycles. The van der Waals surface area contributed by atoms with Crippen LogP contribution >= 0.6 is 0 Å². The van der Waals surface area contributed by atoms with Gasteiger partial charge in [0, 0.05) is 13.1 Å². The lowest BCUT2D eigenvalue weighted by Gasteiger charge is -2.16. The average Bonchev–Trinajstić information content (AvgIpc) is 3.06. The summed E-state index contributed by atoms with van der Waals surface area (Å²) >= 11 is 0. The molecule has 1 unspecified atom stereocenters. The molecule has 1 aromatic rings.